The Bertz CT molecular complexity index is 1320. The number of amides is 1. The van der Waals surface area contributed by atoms with Crippen LogP contribution in [0.2, 0.25) is 0 Å². The fraction of sp³-hybridized carbons (Fsp3) is 0.320. The van der Waals surface area contributed by atoms with Gasteiger partial charge in [0.15, 0.2) is 15.5 Å². The number of hydrogen-bond acceptors (Lipinski definition) is 8. The first-order valence-corrected chi connectivity index (χ1v) is 12.4. The molecule has 0 bridgehead atoms. The van der Waals surface area contributed by atoms with Gasteiger partial charge in [0.05, 0.1) is 18.0 Å². The molecule has 0 aliphatic carbocycles. The number of carbonyl (C=O) groups is 2. The monoisotopic (exact) mass is 530 g/mol. The Morgan fingerprint density at radius 3 is 2.53 bits per heavy atom. The number of aromatic hydroxyl groups is 1. The highest BCUT2D eigenvalue weighted by molar-refractivity contribution is 7.73. The molecule has 190 valence electrons. The maximum absolute atomic E-state index is 11.5. The number of aryl methyl sites for hydroxylation is 2. The second-order valence-electron chi connectivity index (χ2n) is 8.37. The van der Waals surface area contributed by atoms with Crippen LogP contribution in [0.3, 0.4) is 0 Å². The van der Waals surface area contributed by atoms with E-state index in [9.17, 15) is 14.7 Å². The Morgan fingerprint density at radius 2 is 1.89 bits per heavy atom. The van der Waals surface area contributed by atoms with Crippen LogP contribution in [0.15, 0.2) is 42.5 Å². The zero-order valence-electron chi connectivity index (χ0n) is 19.8. The molecule has 1 fully saturated rings. The molecule has 2 N–H and O–H groups in total. The minimum absolute atomic E-state index is 0.0213. The van der Waals surface area contributed by atoms with Crippen molar-refractivity contribution in [3.63, 3.8) is 0 Å². The predicted molar refractivity (Wildman–Crippen MR) is 136 cm³/mol. The molecule has 2 heterocycles. The molecular formula is C25H26N2O7S2. The number of cyclic esters (lactones) is 1. The average Bonchev–Trinajstić information content (AvgIpc) is 3.31. The Morgan fingerprint density at radius 1 is 1.17 bits per heavy atom. The van der Waals surface area contributed by atoms with Gasteiger partial charge in [-0.05, 0) is 66.9 Å². The second kappa shape index (κ2) is 11.0. The summed E-state index contributed by atoms with van der Waals surface area (Å²) in [5, 5.41) is 19.3. The van der Waals surface area contributed by atoms with Gasteiger partial charge in [-0.2, -0.15) is 0 Å². The number of benzene rings is 2. The lowest BCUT2D eigenvalue weighted by atomic mass is 10.1. The van der Waals surface area contributed by atoms with Gasteiger partial charge >= 0.3 is 12.1 Å². The van der Waals surface area contributed by atoms with Gasteiger partial charge in [0.1, 0.15) is 18.9 Å². The van der Waals surface area contributed by atoms with Gasteiger partial charge in [-0.25, -0.2) is 4.79 Å². The molecule has 2 aromatic carbocycles. The molecule has 11 heteroatoms. The van der Waals surface area contributed by atoms with Crippen LogP contribution in [-0.2, 0) is 35.3 Å². The van der Waals surface area contributed by atoms with Gasteiger partial charge in [0.2, 0.25) is 5.88 Å². The third-order valence-electron chi connectivity index (χ3n) is 5.96. The minimum atomic E-state index is -1.06. The summed E-state index contributed by atoms with van der Waals surface area (Å²) in [5.74, 6) is 0.630. The van der Waals surface area contributed by atoms with Crippen LogP contribution >= 0.6 is 23.6 Å². The Hall–Kier alpha value is -3.57. The van der Waals surface area contributed by atoms with E-state index in [1.165, 1.54) is 15.9 Å². The quantitative estimate of drug-likeness (QED) is 0.365. The summed E-state index contributed by atoms with van der Waals surface area (Å²) >= 11 is 6.39. The fourth-order valence-corrected chi connectivity index (χ4v) is 5.24. The molecule has 0 spiro atoms. The zero-order valence-corrected chi connectivity index (χ0v) is 21.4. The average molecular weight is 531 g/mol. The molecule has 1 amide bonds. The number of ether oxygens (including phenoxy) is 3. The summed E-state index contributed by atoms with van der Waals surface area (Å²) in [6, 6.07) is 13.3. The number of aliphatic carboxylic acids is 1. The van der Waals surface area contributed by atoms with Crippen molar-refractivity contribution in [2.45, 2.75) is 31.8 Å². The number of nitrogens with zero attached hydrogens (tertiary/aromatic N) is 2. The third-order valence-corrected chi connectivity index (χ3v) is 7.45. The molecule has 4 rings (SSSR count). The van der Waals surface area contributed by atoms with Crippen molar-refractivity contribution < 1.29 is 34.0 Å². The van der Waals surface area contributed by atoms with Crippen molar-refractivity contribution in [1.29, 1.82) is 0 Å². The SMILES string of the molecule is COc1cc(CCc2sc(=S)n(CC(=O)O)c2O)ccc1Oc1ccc(CC2COC(=O)N2C)cc1. The van der Waals surface area contributed by atoms with E-state index in [0.29, 0.717) is 51.9 Å². The van der Waals surface area contributed by atoms with Gasteiger partial charge in [-0.15, -0.1) is 11.3 Å². The van der Waals surface area contributed by atoms with E-state index in [-0.39, 0.29) is 24.6 Å². The molecule has 0 saturated carbocycles. The smallest absolute Gasteiger partial charge is 0.409 e. The van der Waals surface area contributed by atoms with Crippen molar-refractivity contribution in [3.05, 3.63) is 62.4 Å². The van der Waals surface area contributed by atoms with E-state index in [0.717, 1.165) is 11.1 Å². The number of rotatable bonds is 10. The minimum Gasteiger partial charge on any atom is -0.494 e. The van der Waals surface area contributed by atoms with Crippen molar-refractivity contribution in [3.8, 4) is 23.1 Å². The highest BCUT2D eigenvalue weighted by Gasteiger charge is 2.29. The number of thiazole rings is 1. The van der Waals surface area contributed by atoms with Gasteiger partial charge in [-0.3, -0.25) is 9.36 Å². The Balaban J connectivity index is 1.39. The van der Waals surface area contributed by atoms with E-state index >= 15 is 0 Å². The van der Waals surface area contributed by atoms with E-state index in [1.807, 2.05) is 42.5 Å². The number of carboxylic acids is 1. The maximum Gasteiger partial charge on any atom is 0.409 e. The Labute approximate surface area is 217 Å². The van der Waals surface area contributed by atoms with Crippen LogP contribution in [0.5, 0.6) is 23.1 Å². The Kier molecular flexibility index (Phi) is 7.80. The van der Waals surface area contributed by atoms with E-state index in [1.54, 1.807) is 19.1 Å². The molecular weight excluding hydrogens is 504 g/mol. The van der Waals surface area contributed by atoms with Crippen LogP contribution in [0, 0.1) is 3.95 Å². The predicted octanol–water partition coefficient (Wildman–Crippen LogP) is 4.65. The molecule has 1 aliphatic rings. The summed E-state index contributed by atoms with van der Waals surface area (Å²) in [6.45, 7) is 0.0215. The zero-order chi connectivity index (χ0) is 25.8. The molecule has 1 atom stereocenters. The van der Waals surface area contributed by atoms with Crippen molar-refractivity contribution in [1.82, 2.24) is 9.47 Å². The van der Waals surface area contributed by atoms with Gasteiger partial charge in [-0.1, -0.05) is 18.2 Å². The number of methoxy groups -OCH3 is 1. The third kappa shape index (κ3) is 5.80. The second-order valence-corrected chi connectivity index (χ2v) is 10.1. The molecule has 3 aromatic rings. The van der Waals surface area contributed by atoms with Crippen LogP contribution in [0.4, 0.5) is 4.79 Å². The fourth-order valence-electron chi connectivity index (χ4n) is 3.91. The molecule has 0 radical (unpaired) electrons. The van der Waals surface area contributed by atoms with Crippen LogP contribution in [0.1, 0.15) is 16.0 Å². The standard InChI is InChI=1S/C25H26N2O7S2/c1-26-17(14-33-24(26)31)11-15-3-7-18(8-4-15)34-19-9-5-16(12-20(19)32-2)6-10-21-23(30)27(13-22(28)29)25(35)36-21/h3-5,7-9,12,17,30H,6,10-11,13-14H2,1-2H3,(H,28,29). The van der Waals surface area contributed by atoms with Gasteiger partial charge in [0, 0.05) is 7.05 Å². The van der Waals surface area contributed by atoms with Crippen LogP contribution in [-0.4, -0.2) is 58.5 Å². The van der Waals surface area contributed by atoms with Gasteiger partial charge < -0.3 is 29.3 Å². The topological polar surface area (TPSA) is 110 Å². The lowest BCUT2D eigenvalue weighted by molar-refractivity contribution is -0.137. The van der Waals surface area contributed by atoms with Crippen LogP contribution in [0.25, 0.3) is 0 Å². The molecule has 1 saturated heterocycles. The highest BCUT2D eigenvalue weighted by atomic mass is 32.1. The number of carbonyl (C=O) groups excluding carboxylic acids is 1. The maximum atomic E-state index is 11.5. The lowest BCUT2D eigenvalue weighted by Gasteiger charge is -2.16. The lowest BCUT2D eigenvalue weighted by Crippen LogP contribution is -2.30. The molecule has 36 heavy (non-hydrogen) atoms. The van der Waals surface area contributed by atoms with Crippen molar-refractivity contribution in [2.75, 3.05) is 20.8 Å². The van der Waals surface area contributed by atoms with Gasteiger partial charge in [0.25, 0.3) is 0 Å². The number of likely N-dealkylation sites (N-methyl/N-ethyl adjacent to an activating group) is 1. The van der Waals surface area contributed by atoms with E-state index in [2.05, 4.69) is 0 Å². The highest BCUT2D eigenvalue weighted by Crippen LogP contribution is 2.34. The normalized spacial score (nSPS) is 15.1. The molecule has 1 aromatic heterocycles. The summed E-state index contributed by atoms with van der Waals surface area (Å²) < 4.78 is 18.2. The summed E-state index contributed by atoms with van der Waals surface area (Å²) in [4.78, 5) is 24.8. The molecule has 1 aliphatic heterocycles. The first-order valence-electron chi connectivity index (χ1n) is 11.2. The van der Waals surface area contributed by atoms with Crippen molar-refractivity contribution in [2.24, 2.45) is 0 Å². The molecule has 1 unspecified atom stereocenters. The first-order chi connectivity index (χ1) is 17.2. The molecule has 9 nitrogen and oxygen atoms in total. The number of aromatic nitrogens is 1. The van der Waals surface area contributed by atoms with E-state index in [4.69, 9.17) is 31.5 Å². The first kappa shape index (κ1) is 25.5. The summed E-state index contributed by atoms with van der Waals surface area (Å²) in [6.07, 6.45) is 1.51. The van der Waals surface area contributed by atoms with Crippen LogP contribution < -0.4 is 9.47 Å². The number of hydrogen-bond donors (Lipinski definition) is 2. The number of carboxylic acid groups (broad SMARTS) is 1. The largest absolute Gasteiger partial charge is 0.494 e. The summed E-state index contributed by atoms with van der Waals surface area (Å²) in [7, 11) is 3.31. The van der Waals surface area contributed by atoms with Crippen molar-refractivity contribution >= 4 is 35.6 Å². The van der Waals surface area contributed by atoms with E-state index < -0.39 is 5.97 Å². The summed E-state index contributed by atoms with van der Waals surface area (Å²) in [5.41, 5.74) is 2.04.